The third kappa shape index (κ3) is 3.46. The van der Waals surface area contributed by atoms with E-state index in [9.17, 15) is 14.4 Å². The highest BCUT2D eigenvalue weighted by Crippen LogP contribution is 2.56. The number of allylic oxidation sites excluding steroid dienone is 1. The van der Waals surface area contributed by atoms with Gasteiger partial charge in [0.2, 0.25) is 5.91 Å². The Bertz CT molecular complexity index is 1440. The largest absolute Gasteiger partial charge is 0.495 e. The van der Waals surface area contributed by atoms with Gasteiger partial charge < -0.3 is 20.5 Å². The molecule has 2 aromatic carbocycles. The monoisotopic (exact) mass is 521 g/mol. The van der Waals surface area contributed by atoms with E-state index in [-0.39, 0.29) is 35.8 Å². The number of ketones is 1. The lowest BCUT2D eigenvalue weighted by Gasteiger charge is -2.44. The number of Topliss-reactive ketones (excluding diaryl/α,β-unsaturated/α-hetero) is 1. The number of aryl methyl sites for hydroxylation is 2. The quantitative estimate of drug-likeness (QED) is 0.573. The topological polar surface area (TPSA) is 111 Å². The Morgan fingerprint density at radius 1 is 1.19 bits per heavy atom. The Kier molecular flexibility index (Phi) is 6.02. The summed E-state index contributed by atoms with van der Waals surface area (Å²) in [5, 5.41) is 3.39. The summed E-state index contributed by atoms with van der Waals surface area (Å²) in [5.41, 5.74) is 9.05. The van der Waals surface area contributed by atoms with Crippen molar-refractivity contribution in [3.63, 3.8) is 0 Å². The number of ether oxygens (including phenoxy) is 2. The smallest absolute Gasteiger partial charge is 0.339 e. The fourth-order valence-corrected chi connectivity index (χ4v) is 5.84. The van der Waals surface area contributed by atoms with Crippen LogP contribution in [0.1, 0.15) is 42.9 Å². The van der Waals surface area contributed by atoms with Crippen LogP contribution in [0, 0.1) is 13.8 Å². The molecule has 0 aromatic heterocycles. The summed E-state index contributed by atoms with van der Waals surface area (Å²) in [6.07, 6.45) is 1.29. The Labute approximate surface area is 220 Å². The number of esters is 1. The molecule has 1 atom stereocenters. The van der Waals surface area contributed by atoms with Gasteiger partial charge in [-0.15, -0.1) is 0 Å². The molecule has 1 amide bonds. The van der Waals surface area contributed by atoms with E-state index in [1.54, 1.807) is 30.0 Å². The van der Waals surface area contributed by atoms with Crippen LogP contribution in [0.2, 0.25) is 5.02 Å². The van der Waals surface area contributed by atoms with Crippen molar-refractivity contribution in [3.05, 3.63) is 74.7 Å². The molecule has 0 bridgehead atoms. The number of nitrogens with one attached hydrogen (secondary N) is 1. The Balaban J connectivity index is 1.93. The molecule has 0 saturated carbocycles. The second-order valence-corrected chi connectivity index (χ2v) is 9.85. The number of amides is 1. The number of anilines is 2. The number of nitrogens with zero attached hydrogens (tertiary/aromatic N) is 1. The van der Waals surface area contributed by atoms with Gasteiger partial charge >= 0.3 is 5.97 Å². The van der Waals surface area contributed by atoms with Crippen LogP contribution in [-0.4, -0.2) is 31.4 Å². The number of hydrogen-bond acceptors (Lipinski definition) is 7. The molecule has 37 heavy (non-hydrogen) atoms. The third-order valence-electron chi connectivity index (χ3n) is 7.25. The molecule has 3 N–H and O–H groups in total. The van der Waals surface area contributed by atoms with Gasteiger partial charge in [-0.1, -0.05) is 29.3 Å². The Morgan fingerprint density at radius 2 is 1.95 bits per heavy atom. The summed E-state index contributed by atoms with van der Waals surface area (Å²) in [6.45, 7) is 5.48. The van der Waals surface area contributed by atoms with Gasteiger partial charge in [-0.2, -0.15) is 0 Å². The highest BCUT2D eigenvalue weighted by molar-refractivity contribution is 6.31. The lowest BCUT2D eigenvalue weighted by molar-refractivity contribution is -0.140. The number of methoxy groups -OCH3 is 1. The SMILES string of the molecule is CCOC(=O)C1=C(N)N(c2cc(C)c(Cl)cc2OC)C2=C(C(=O)CCC2)C12C(=O)Nc1ccc(C)cc12. The minimum atomic E-state index is -1.73. The zero-order valence-electron chi connectivity index (χ0n) is 21.2. The molecule has 2 aromatic rings. The molecule has 9 heteroatoms. The molecule has 0 radical (unpaired) electrons. The van der Waals surface area contributed by atoms with E-state index in [2.05, 4.69) is 5.32 Å². The zero-order valence-corrected chi connectivity index (χ0v) is 21.9. The van der Waals surface area contributed by atoms with Gasteiger partial charge in [0, 0.05) is 40.0 Å². The maximum Gasteiger partial charge on any atom is 0.339 e. The third-order valence-corrected chi connectivity index (χ3v) is 7.66. The first-order valence-corrected chi connectivity index (χ1v) is 12.6. The van der Waals surface area contributed by atoms with Crippen molar-refractivity contribution in [2.45, 2.75) is 45.4 Å². The van der Waals surface area contributed by atoms with Crippen LogP contribution in [0.5, 0.6) is 5.75 Å². The fraction of sp³-hybridized carbons (Fsp3) is 0.321. The van der Waals surface area contributed by atoms with Crippen molar-refractivity contribution in [1.82, 2.24) is 0 Å². The van der Waals surface area contributed by atoms with Crippen LogP contribution in [0.4, 0.5) is 11.4 Å². The van der Waals surface area contributed by atoms with Crippen molar-refractivity contribution in [1.29, 1.82) is 0 Å². The minimum Gasteiger partial charge on any atom is -0.495 e. The Hall–Kier alpha value is -3.78. The predicted molar refractivity (Wildman–Crippen MR) is 140 cm³/mol. The van der Waals surface area contributed by atoms with Gasteiger partial charge in [0.25, 0.3) is 0 Å². The summed E-state index contributed by atoms with van der Waals surface area (Å²) in [4.78, 5) is 43.1. The van der Waals surface area contributed by atoms with E-state index in [1.165, 1.54) is 7.11 Å². The van der Waals surface area contributed by atoms with E-state index >= 15 is 0 Å². The predicted octanol–water partition coefficient (Wildman–Crippen LogP) is 4.42. The van der Waals surface area contributed by atoms with Crippen molar-refractivity contribution in [3.8, 4) is 5.75 Å². The van der Waals surface area contributed by atoms with Gasteiger partial charge in [-0.05, 0) is 51.3 Å². The van der Waals surface area contributed by atoms with Crippen LogP contribution in [-0.2, 0) is 24.5 Å². The first-order valence-electron chi connectivity index (χ1n) is 12.2. The van der Waals surface area contributed by atoms with Crippen LogP contribution < -0.4 is 20.7 Å². The summed E-state index contributed by atoms with van der Waals surface area (Å²) in [6, 6.07) is 8.94. The average Bonchev–Trinajstić information content (AvgIpc) is 3.12. The highest BCUT2D eigenvalue weighted by atomic mass is 35.5. The second kappa shape index (κ2) is 8.95. The number of carbonyl (C=O) groups excluding carboxylic acids is 3. The molecule has 0 saturated heterocycles. The zero-order chi connectivity index (χ0) is 26.6. The van der Waals surface area contributed by atoms with Crippen LogP contribution >= 0.6 is 11.6 Å². The van der Waals surface area contributed by atoms with Crippen molar-refractivity contribution < 1.29 is 23.9 Å². The normalized spacial score (nSPS) is 20.7. The molecule has 192 valence electrons. The highest BCUT2D eigenvalue weighted by Gasteiger charge is 2.62. The van der Waals surface area contributed by atoms with E-state index in [0.717, 1.165) is 11.1 Å². The van der Waals surface area contributed by atoms with E-state index in [1.807, 2.05) is 26.0 Å². The van der Waals surface area contributed by atoms with Gasteiger partial charge in [0.05, 0.1) is 19.4 Å². The Morgan fingerprint density at radius 3 is 2.65 bits per heavy atom. The number of halogens is 1. The molecule has 1 spiro atoms. The first-order chi connectivity index (χ1) is 17.7. The van der Waals surface area contributed by atoms with Crippen LogP contribution in [0.15, 0.2) is 53.0 Å². The maximum absolute atomic E-state index is 14.0. The van der Waals surface area contributed by atoms with E-state index in [4.69, 9.17) is 26.8 Å². The van der Waals surface area contributed by atoms with Crippen molar-refractivity contribution in [2.75, 3.05) is 23.9 Å². The molecule has 1 unspecified atom stereocenters. The molecule has 0 fully saturated rings. The van der Waals surface area contributed by atoms with Crippen molar-refractivity contribution in [2.24, 2.45) is 5.73 Å². The first kappa shape index (κ1) is 24.9. The number of hydrogen-bond donors (Lipinski definition) is 2. The van der Waals surface area contributed by atoms with Gasteiger partial charge in [-0.3, -0.25) is 14.5 Å². The molecule has 2 aliphatic heterocycles. The van der Waals surface area contributed by atoms with Gasteiger partial charge in [-0.25, -0.2) is 4.79 Å². The number of benzene rings is 2. The van der Waals surface area contributed by atoms with E-state index < -0.39 is 17.3 Å². The molecule has 3 aliphatic rings. The molecule has 2 heterocycles. The lowest BCUT2D eigenvalue weighted by atomic mass is 9.63. The molecular weight excluding hydrogens is 494 g/mol. The number of nitrogens with two attached hydrogens (primary N) is 1. The van der Waals surface area contributed by atoms with E-state index in [0.29, 0.717) is 46.2 Å². The number of fused-ring (bicyclic) bond motifs is 3. The number of rotatable bonds is 4. The molecule has 1 aliphatic carbocycles. The summed E-state index contributed by atoms with van der Waals surface area (Å²) >= 11 is 6.37. The molecular formula is C28H28ClN3O5. The number of carbonyl (C=O) groups is 3. The second-order valence-electron chi connectivity index (χ2n) is 9.44. The van der Waals surface area contributed by atoms with Crippen molar-refractivity contribution >= 4 is 40.6 Å². The standard InChI is InChI=1S/C28H28ClN3O5/c1-5-37-26(34)24-25(30)32(20-12-15(3)17(29)13-22(20)36-4)19-7-6-8-21(33)23(19)28(24)16-11-14(2)9-10-18(16)31-27(28)35/h9-13H,5-8,30H2,1-4H3,(H,31,35). The fourth-order valence-electron chi connectivity index (χ4n) is 5.69. The molecule has 5 rings (SSSR count). The summed E-state index contributed by atoms with van der Waals surface area (Å²) in [7, 11) is 1.51. The molecule has 8 nitrogen and oxygen atoms in total. The van der Waals surface area contributed by atoms with Crippen LogP contribution in [0.25, 0.3) is 0 Å². The van der Waals surface area contributed by atoms with Crippen LogP contribution in [0.3, 0.4) is 0 Å². The lowest BCUT2D eigenvalue weighted by Crippen LogP contribution is -2.53. The summed E-state index contributed by atoms with van der Waals surface area (Å²) in [5.74, 6) is -1.05. The van der Waals surface area contributed by atoms with Gasteiger partial charge in [0.15, 0.2) is 5.78 Å². The van der Waals surface area contributed by atoms with Gasteiger partial charge in [0.1, 0.15) is 22.6 Å². The minimum absolute atomic E-state index is 0.0106. The average molecular weight is 522 g/mol. The maximum atomic E-state index is 14.0. The summed E-state index contributed by atoms with van der Waals surface area (Å²) < 4.78 is 11.1.